The smallest absolute Gasteiger partial charge is 0.318 e. The van der Waals surface area contributed by atoms with Crippen molar-refractivity contribution in [2.75, 3.05) is 76.3 Å². The van der Waals surface area contributed by atoms with Crippen LogP contribution in [0.2, 0.25) is 0 Å². The number of likely N-dealkylation sites (N-methyl/N-ethyl adjacent to an activating group) is 2. The predicted molar refractivity (Wildman–Crippen MR) is 171 cm³/mol. The van der Waals surface area contributed by atoms with Crippen molar-refractivity contribution in [2.45, 2.75) is 57.3 Å². The topological polar surface area (TPSA) is 74.8 Å². The molecule has 4 aliphatic heterocycles. The fourth-order valence-corrected chi connectivity index (χ4v) is 7.43. The molecule has 0 radical (unpaired) electrons. The fraction of sp³-hybridized carbons (Fsp3) is 0.559. The van der Waals surface area contributed by atoms with Crippen LogP contribution in [0.4, 0.5) is 11.5 Å². The van der Waals surface area contributed by atoms with Crippen molar-refractivity contribution in [1.29, 1.82) is 5.26 Å². The molecule has 5 heterocycles. The molecule has 4 aliphatic rings. The number of ether oxygens (including phenoxy) is 1. The molecule has 3 fully saturated rings. The van der Waals surface area contributed by atoms with Gasteiger partial charge in [0.25, 0.3) is 0 Å². The Bertz CT molecular complexity index is 1520. The number of nitriles is 1. The Kier molecular flexibility index (Phi) is 7.85. The van der Waals surface area contributed by atoms with E-state index in [0.717, 1.165) is 76.7 Å². The monoisotopic (exact) mass is 580 g/mol. The molecule has 1 aromatic heterocycles. The summed E-state index contributed by atoms with van der Waals surface area (Å²) in [5.74, 6) is 1.01. The molecular weight excluding hydrogens is 536 g/mol. The molecule has 0 saturated carbocycles. The minimum atomic E-state index is 0.202. The molecule has 4 atom stereocenters. The maximum absolute atomic E-state index is 9.70. The molecule has 3 unspecified atom stereocenters. The van der Waals surface area contributed by atoms with Gasteiger partial charge in [0.05, 0.1) is 24.7 Å². The molecule has 43 heavy (non-hydrogen) atoms. The van der Waals surface area contributed by atoms with E-state index in [1.54, 1.807) is 0 Å². The Labute approximate surface area is 255 Å². The second-order valence-corrected chi connectivity index (χ2v) is 13.0. The van der Waals surface area contributed by atoms with E-state index in [-0.39, 0.29) is 6.04 Å². The summed E-state index contributed by atoms with van der Waals surface area (Å²) in [7, 11) is 4.36. The normalized spacial score (nSPS) is 26.0. The summed E-state index contributed by atoms with van der Waals surface area (Å²) in [5, 5.41) is 12.3. The molecule has 0 N–H and O–H groups in total. The number of rotatable bonds is 8. The summed E-state index contributed by atoms with van der Waals surface area (Å²) >= 11 is 0. The largest absolute Gasteiger partial charge is 0.462 e. The highest BCUT2D eigenvalue weighted by Crippen LogP contribution is 2.36. The lowest BCUT2D eigenvalue weighted by atomic mass is 9.99. The van der Waals surface area contributed by atoms with Crippen LogP contribution in [-0.2, 0) is 13.0 Å². The van der Waals surface area contributed by atoms with Gasteiger partial charge in [-0.2, -0.15) is 15.2 Å². The van der Waals surface area contributed by atoms with Crippen molar-refractivity contribution < 1.29 is 4.74 Å². The number of fused-ring (bicyclic) bond motifs is 2. The molecule has 9 nitrogen and oxygen atoms in total. The third kappa shape index (κ3) is 5.76. The highest BCUT2D eigenvalue weighted by Gasteiger charge is 2.37. The molecule has 0 bridgehead atoms. The van der Waals surface area contributed by atoms with Crippen LogP contribution in [-0.4, -0.2) is 109 Å². The summed E-state index contributed by atoms with van der Waals surface area (Å²) in [4.78, 5) is 22.4. The van der Waals surface area contributed by atoms with Gasteiger partial charge in [-0.15, -0.1) is 0 Å². The van der Waals surface area contributed by atoms with Gasteiger partial charge < -0.3 is 19.4 Å². The molecule has 9 heteroatoms. The lowest BCUT2D eigenvalue weighted by molar-refractivity contribution is 0.173. The molecule has 0 amide bonds. The minimum Gasteiger partial charge on any atom is -0.462 e. The SMILES string of the molecule is Cc1cccc2cccc(N3CCc4c(nc(OCC5CCCN5C)nc4N4CCN(CC5C[N@]5C)C(CC#N)C4)C3)c12. The van der Waals surface area contributed by atoms with Crippen LogP contribution in [0.5, 0.6) is 6.01 Å². The maximum atomic E-state index is 9.70. The first-order valence-electron chi connectivity index (χ1n) is 16.0. The molecule has 3 saturated heterocycles. The highest BCUT2D eigenvalue weighted by molar-refractivity contribution is 5.97. The van der Waals surface area contributed by atoms with Gasteiger partial charge in [-0.25, -0.2) is 0 Å². The van der Waals surface area contributed by atoms with Crippen LogP contribution in [0.25, 0.3) is 10.8 Å². The highest BCUT2D eigenvalue weighted by atomic mass is 16.5. The Morgan fingerprint density at radius 3 is 2.53 bits per heavy atom. The number of likely N-dealkylation sites (tertiary alicyclic amines) is 1. The number of hydrogen-bond acceptors (Lipinski definition) is 9. The van der Waals surface area contributed by atoms with Gasteiger partial charge in [0.15, 0.2) is 0 Å². The van der Waals surface area contributed by atoms with Crippen LogP contribution in [0.1, 0.15) is 36.1 Å². The van der Waals surface area contributed by atoms with E-state index in [1.165, 1.54) is 34.0 Å². The third-order valence-electron chi connectivity index (χ3n) is 10.2. The average Bonchev–Trinajstić information content (AvgIpc) is 3.55. The summed E-state index contributed by atoms with van der Waals surface area (Å²) in [6, 6.07) is 17.3. The zero-order valence-corrected chi connectivity index (χ0v) is 25.9. The lowest BCUT2D eigenvalue weighted by Gasteiger charge is -2.42. The van der Waals surface area contributed by atoms with Gasteiger partial charge in [-0.1, -0.05) is 30.3 Å². The first-order chi connectivity index (χ1) is 21.0. The number of hydrogen-bond donors (Lipinski definition) is 0. The number of anilines is 2. The van der Waals surface area contributed by atoms with Gasteiger partial charge in [-0.05, 0) is 63.8 Å². The van der Waals surface area contributed by atoms with Crippen LogP contribution in [0.15, 0.2) is 36.4 Å². The second kappa shape index (κ2) is 11.9. The Morgan fingerprint density at radius 2 is 1.77 bits per heavy atom. The van der Waals surface area contributed by atoms with Gasteiger partial charge in [0, 0.05) is 74.0 Å². The molecular formula is C34H44N8O. The van der Waals surface area contributed by atoms with E-state index >= 15 is 0 Å². The van der Waals surface area contributed by atoms with Crippen LogP contribution < -0.4 is 14.5 Å². The first-order valence-corrected chi connectivity index (χ1v) is 16.0. The van der Waals surface area contributed by atoms with Gasteiger partial charge in [-0.3, -0.25) is 9.80 Å². The number of nitrogens with zero attached hydrogens (tertiary/aromatic N) is 8. The fourth-order valence-electron chi connectivity index (χ4n) is 7.43. The van der Waals surface area contributed by atoms with Crippen molar-refractivity contribution in [1.82, 2.24) is 24.7 Å². The van der Waals surface area contributed by atoms with E-state index in [2.05, 4.69) is 88.0 Å². The second-order valence-electron chi connectivity index (χ2n) is 13.0. The predicted octanol–water partition coefficient (Wildman–Crippen LogP) is 3.69. The zero-order chi connectivity index (χ0) is 29.5. The zero-order valence-electron chi connectivity index (χ0n) is 25.9. The quantitative estimate of drug-likeness (QED) is 0.371. The summed E-state index contributed by atoms with van der Waals surface area (Å²) in [5.41, 5.74) is 4.87. The van der Waals surface area contributed by atoms with Crippen molar-refractivity contribution in [2.24, 2.45) is 0 Å². The van der Waals surface area contributed by atoms with E-state index in [4.69, 9.17) is 14.7 Å². The summed E-state index contributed by atoms with van der Waals surface area (Å²) in [6.07, 6.45) is 3.78. The number of aryl methyl sites for hydroxylation is 1. The molecule has 226 valence electrons. The van der Waals surface area contributed by atoms with E-state index in [9.17, 15) is 5.26 Å². The molecule has 2 aromatic carbocycles. The van der Waals surface area contributed by atoms with Crippen molar-refractivity contribution in [3.8, 4) is 12.1 Å². The van der Waals surface area contributed by atoms with Gasteiger partial charge >= 0.3 is 6.01 Å². The Morgan fingerprint density at radius 1 is 0.930 bits per heavy atom. The Hall–Kier alpha value is -3.45. The number of aromatic nitrogens is 2. The van der Waals surface area contributed by atoms with E-state index < -0.39 is 0 Å². The number of piperazine rings is 1. The molecule has 3 aromatic rings. The van der Waals surface area contributed by atoms with Crippen molar-refractivity contribution in [3.63, 3.8) is 0 Å². The minimum absolute atomic E-state index is 0.202. The van der Waals surface area contributed by atoms with Crippen LogP contribution in [0.3, 0.4) is 0 Å². The first kappa shape index (κ1) is 28.3. The van der Waals surface area contributed by atoms with Crippen LogP contribution >= 0.6 is 0 Å². The lowest BCUT2D eigenvalue weighted by Crippen LogP contribution is -2.54. The van der Waals surface area contributed by atoms with E-state index in [1.807, 2.05) is 0 Å². The molecule has 0 spiro atoms. The van der Waals surface area contributed by atoms with Gasteiger partial charge in [0.1, 0.15) is 12.4 Å². The maximum Gasteiger partial charge on any atom is 0.318 e. The summed E-state index contributed by atoms with van der Waals surface area (Å²) in [6.45, 7) is 10.4. The van der Waals surface area contributed by atoms with Gasteiger partial charge in [0.2, 0.25) is 0 Å². The average molecular weight is 581 g/mol. The van der Waals surface area contributed by atoms with Crippen molar-refractivity contribution in [3.05, 3.63) is 53.2 Å². The Balaban J connectivity index is 1.19. The molecule has 0 aliphatic carbocycles. The molecule has 7 rings (SSSR count). The summed E-state index contributed by atoms with van der Waals surface area (Å²) < 4.78 is 6.38. The van der Waals surface area contributed by atoms with E-state index in [0.29, 0.717) is 31.1 Å². The van der Waals surface area contributed by atoms with Crippen molar-refractivity contribution >= 4 is 22.3 Å². The third-order valence-corrected chi connectivity index (χ3v) is 10.2. The standard InChI is InChI=1S/C34H44N8O/c1-24-7-4-8-25-9-5-11-31(32(24)25)41-16-13-29-30(22-41)36-34(43-23-27-10-6-15-38(27)2)37-33(29)42-18-17-40(21-28-19-39(28)3)26(20-42)12-14-35/h4-5,7-9,11,26-28H,6,10,12-13,15-23H2,1-3H3/t26?,27?,28?,39-/m0/s1. The van der Waals surface area contributed by atoms with Crippen LogP contribution in [0, 0.1) is 18.3 Å². The number of benzene rings is 2.